The molecule has 0 N–H and O–H groups in total. The third kappa shape index (κ3) is 3.83. The monoisotopic (exact) mass is 358 g/mol. The van der Waals surface area contributed by atoms with Crippen LogP contribution in [-0.4, -0.2) is 31.3 Å². The van der Waals surface area contributed by atoms with E-state index >= 15 is 0 Å². The molecule has 0 spiro atoms. The van der Waals surface area contributed by atoms with E-state index in [1.54, 1.807) is 18.5 Å². The molecular weight excluding hydrogens is 344 g/mol. The molecule has 0 saturated heterocycles. The third-order valence-electron chi connectivity index (χ3n) is 3.46. The zero-order valence-corrected chi connectivity index (χ0v) is 14.6. The van der Waals surface area contributed by atoms with Crippen molar-refractivity contribution in [3.63, 3.8) is 0 Å². The van der Waals surface area contributed by atoms with Crippen molar-refractivity contribution in [2.45, 2.75) is 11.6 Å². The van der Waals surface area contributed by atoms with E-state index in [4.69, 9.17) is 11.6 Å². The Morgan fingerprint density at radius 1 is 1.21 bits per heavy atom. The lowest BCUT2D eigenvalue weighted by molar-refractivity contribution is -0.116. The summed E-state index contributed by atoms with van der Waals surface area (Å²) in [6, 6.07) is 11.2. The number of halogens is 1. The molecule has 0 aliphatic carbocycles. The fourth-order valence-corrected chi connectivity index (χ4v) is 3.21. The maximum atomic E-state index is 12.2. The Hall–Kier alpha value is -2.18. The molecule has 0 saturated carbocycles. The van der Waals surface area contributed by atoms with Gasteiger partial charge in [-0.3, -0.25) is 9.78 Å². The summed E-state index contributed by atoms with van der Waals surface area (Å²) in [7, 11) is 1.88. The van der Waals surface area contributed by atoms with Gasteiger partial charge in [0.1, 0.15) is 5.78 Å². The Balaban J connectivity index is 1.64. The molecule has 24 heavy (non-hydrogen) atoms. The van der Waals surface area contributed by atoms with Gasteiger partial charge in [0, 0.05) is 36.4 Å². The maximum Gasteiger partial charge on any atom is 0.191 e. The van der Waals surface area contributed by atoms with E-state index in [0.717, 1.165) is 17.0 Å². The Labute approximate surface area is 149 Å². The largest absolute Gasteiger partial charge is 0.305 e. The maximum absolute atomic E-state index is 12.2. The highest BCUT2D eigenvalue weighted by Gasteiger charge is 2.13. The van der Waals surface area contributed by atoms with Crippen LogP contribution in [0.2, 0.25) is 5.02 Å². The molecule has 3 rings (SSSR count). The van der Waals surface area contributed by atoms with Gasteiger partial charge in [-0.05, 0) is 23.8 Å². The number of pyridine rings is 1. The van der Waals surface area contributed by atoms with Crippen LogP contribution in [0.15, 0.2) is 53.9 Å². The first-order chi connectivity index (χ1) is 11.6. The zero-order valence-electron chi connectivity index (χ0n) is 13.0. The zero-order chi connectivity index (χ0) is 16.9. The molecule has 0 fully saturated rings. The van der Waals surface area contributed by atoms with Gasteiger partial charge in [0.25, 0.3) is 0 Å². The molecule has 0 aliphatic heterocycles. The summed E-state index contributed by atoms with van der Waals surface area (Å²) in [6.07, 6.45) is 3.77. The predicted molar refractivity (Wildman–Crippen MR) is 95.1 cm³/mol. The summed E-state index contributed by atoms with van der Waals surface area (Å²) in [4.78, 5) is 16.3. The lowest BCUT2D eigenvalue weighted by atomic mass is 10.1. The smallest absolute Gasteiger partial charge is 0.191 e. The van der Waals surface area contributed by atoms with Crippen LogP contribution >= 0.6 is 23.4 Å². The van der Waals surface area contributed by atoms with E-state index < -0.39 is 0 Å². The average molecular weight is 359 g/mol. The van der Waals surface area contributed by atoms with Gasteiger partial charge >= 0.3 is 0 Å². The number of ketones is 1. The van der Waals surface area contributed by atoms with E-state index in [0.29, 0.717) is 22.4 Å². The third-order valence-corrected chi connectivity index (χ3v) is 4.91. The quantitative estimate of drug-likeness (QED) is 0.632. The van der Waals surface area contributed by atoms with Crippen molar-refractivity contribution in [1.29, 1.82) is 0 Å². The summed E-state index contributed by atoms with van der Waals surface area (Å²) < 4.78 is 1.87. The summed E-state index contributed by atoms with van der Waals surface area (Å²) in [5, 5.41) is 9.65. The fraction of sp³-hybridized carbons (Fsp3) is 0.176. The van der Waals surface area contributed by atoms with Gasteiger partial charge in [-0.2, -0.15) is 0 Å². The highest BCUT2D eigenvalue weighted by Crippen LogP contribution is 2.23. The minimum Gasteiger partial charge on any atom is -0.305 e. The van der Waals surface area contributed by atoms with Crippen LogP contribution in [0.4, 0.5) is 0 Å². The minimum atomic E-state index is 0.0963. The minimum absolute atomic E-state index is 0.0963. The molecule has 1 aromatic carbocycles. The topological polar surface area (TPSA) is 60.7 Å². The number of carbonyl (C=O) groups excluding carboxylic acids is 1. The summed E-state index contributed by atoms with van der Waals surface area (Å²) in [6.45, 7) is 0. The Morgan fingerprint density at radius 2 is 2.04 bits per heavy atom. The molecular formula is C17H15ClN4OS. The van der Waals surface area contributed by atoms with Crippen LogP contribution in [0.1, 0.15) is 5.56 Å². The highest BCUT2D eigenvalue weighted by molar-refractivity contribution is 7.99. The van der Waals surface area contributed by atoms with Crippen LogP contribution in [0, 0.1) is 0 Å². The number of rotatable bonds is 6. The van der Waals surface area contributed by atoms with Crippen LogP contribution in [0.25, 0.3) is 11.4 Å². The Kier molecular flexibility index (Phi) is 5.27. The summed E-state index contributed by atoms with van der Waals surface area (Å²) >= 11 is 7.46. The van der Waals surface area contributed by atoms with Crippen molar-refractivity contribution in [3.05, 3.63) is 59.4 Å². The molecule has 0 radical (unpaired) electrons. The molecule has 7 heteroatoms. The molecule has 3 aromatic rings. The van der Waals surface area contributed by atoms with Crippen LogP contribution < -0.4 is 0 Å². The molecule has 0 atom stereocenters. The molecule has 0 bridgehead atoms. The molecule has 2 aromatic heterocycles. The molecule has 0 amide bonds. The van der Waals surface area contributed by atoms with Crippen molar-refractivity contribution in [2.75, 3.05) is 5.75 Å². The standard InChI is InChI=1S/C17H15ClN4OS/c1-22-16(13-6-4-8-19-10-13)20-21-17(22)24-11-14(23)9-12-5-2-3-7-15(12)18/h2-8,10H,9,11H2,1H3. The summed E-state index contributed by atoms with van der Waals surface area (Å²) in [5.74, 6) is 1.15. The van der Waals surface area contributed by atoms with Crippen LogP contribution in [-0.2, 0) is 18.3 Å². The number of thioether (sulfide) groups is 1. The van der Waals surface area contributed by atoms with E-state index in [9.17, 15) is 4.79 Å². The lowest BCUT2D eigenvalue weighted by Gasteiger charge is -2.04. The number of hydrogen-bond acceptors (Lipinski definition) is 5. The van der Waals surface area contributed by atoms with Crippen LogP contribution in [0.5, 0.6) is 0 Å². The SMILES string of the molecule is Cn1c(SCC(=O)Cc2ccccc2Cl)nnc1-c1cccnc1. The van der Waals surface area contributed by atoms with E-state index in [1.165, 1.54) is 11.8 Å². The van der Waals surface area contributed by atoms with Crippen molar-refractivity contribution >= 4 is 29.1 Å². The first kappa shape index (κ1) is 16.7. The van der Waals surface area contributed by atoms with Gasteiger partial charge in [0.15, 0.2) is 11.0 Å². The average Bonchev–Trinajstić information content (AvgIpc) is 2.97. The van der Waals surface area contributed by atoms with Gasteiger partial charge in [-0.1, -0.05) is 41.6 Å². The number of carbonyl (C=O) groups is 1. The molecule has 5 nitrogen and oxygen atoms in total. The van der Waals surface area contributed by atoms with E-state index in [1.807, 2.05) is 41.9 Å². The van der Waals surface area contributed by atoms with Gasteiger partial charge in [-0.25, -0.2) is 0 Å². The Morgan fingerprint density at radius 3 is 2.79 bits per heavy atom. The predicted octanol–water partition coefficient (Wildman–Crippen LogP) is 3.43. The van der Waals surface area contributed by atoms with Gasteiger partial charge in [-0.15, -0.1) is 10.2 Å². The summed E-state index contributed by atoms with van der Waals surface area (Å²) in [5.41, 5.74) is 1.74. The second-order valence-corrected chi connectivity index (χ2v) is 6.55. The van der Waals surface area contributed by atoms with Crippen molar-refractivity contribution in [1.82, 2.24) is 19.7 Å². The normalized spacial score (nSPS) is 10.8. The first-order valence-electron chi connectivity index (χ1n) is 7.33. The number of nitrogens with zero attached hydrogens (tertiary/aromatic N) is 4. The molecule has 0 aliphatic rings. The van der Waals surface area contributed by atoms with E-state index in [2.05, 4.69) is 15.2 Å². The van der Waals surface area contributed by atoms with Gasteiger partial charge in [0.05, 0.1) is 5.75 Å². The Bertz CT molecular complexity index is 851. The highest BCUT2D eigenvalue weighted by atomic mass is 35.5. The van der Waals surface area contributed by atoms with Gasteiger partial charge < -0.3 is 4.57 Å². The number of benzene rings is 1. The number of Topliss-reactive ketones (excluding diaryl/α,β-unsaturated/α-hetero) is 1. The van der Waals surface area contributed by atoms with E-state index in [-0.39, 0.29) is 5.78 Å². The molecule has 122 valence electrons. The van der Waals surface area contributed by atoms with Gasteiger partial charge in [0.2, 0.25) is 0 Å². The number of hydrogen-bond donors (Lipinski definition) is 0. The number of aromatic nitrogens is 4. The van der Waals surface area contributed by atoms with Crippen LogP contribution in [0.3, 0.4) is 0 Å². The second-order valence-electron chi connectivity index (χ2n) is 5.20. The molecule has 2 heterocycles. The second kappa shape index (κ2) is 7.59. The molecule has 0 unspecified atom stereocenters. The fourth-order valence-electron chi connectivity index (χ4n) is 2.24. The lowest BCUT2D eigenvalue weighted by Crippen LogP contribution is -2.07. The first-order valence-corrected chi connectivity index (χ1v) is 8.69. The van der Waals surface area contributed by atoms with Crippen molar-refractivity contribution in [2.24, 2.45) is 7.05 Å². The van der Waals surface area contributed by atoms with Crippen molar-refractivity contribution in [3.8, 4) is 11.4 Å². The van der Waals surface area contributed by atoms with Crippen molar-refractivity contribution < 1.29 is 4.79 Å².